The van der Waals surface area contributed by atoms with Crippen molar-refractivity contribution in [3.8, 4) is 5.75 Å². The molecule has 0 bridgehead atoms. The summed E-state index contributed by atoms with van der Waals surface area (Å²) in [5.74, 6) is 1.76. The molecule has 0 amide bonds. The summed E-state index contributed by atoms with van der Waals surface area (Å²) in [5.41, 5.74) is 2.31. The molecule has 164 valence electrons. The monoisotopic (exact) mass is 405 g/mol. The highest BCUT2D eigenvalue weighted by Gasteiger charge is 2.13. The fourth-order valence-corrected chi connectivity index (χ4v) is 3.08. The van der Waals surface area contributed by atoms with Gasteiger partial charge < -0.3 is 24.8 Å². The number of ether oxygens (including phenoxy) is 3. The van der Waals surface area contributed by atoms with Gasteiger partial charge in [0.1, 0.15) is 5.75 Å². The van der Waals surface area contributed by atoms with E-state index < -0.39 is 0 Å². The summed E-state index contributed by atoms with van der Waals surface area (Å²) in [6.07, 6.45) is 4.51. The predicted molar refractivity (Wildman–Crippen MR) is 119 cm³/mol. The van der Waals surface area contributed by atoms with Gasteiger partial charge >= 0.3 is 0 Å². The molecule has 6 nitrogen and oxygen atoms in total. The average Bonchev–Trinajstić information content (AvgIpc) is 2.73. The van der Waals surface area contributed by atoms with Crippen LogP contribution in [0.15, 0.2) is 23.2 Å². The maximum absolute atomic E-state index is 6.10. The maximum Gasteiger partial charge on any atom is 0.191 e. The highest BCUT2D eigenvalue weighted by molar-refractivity contribution is 5.79. The molecule has 0 spiro atoms. The number of benzene rings is 1. The largest absolute Gasteiger partial charge is 0.490 e. The fraction of sp³-hybridized carbons (Fsp3) is 0.696. The van der Waals surface area contributed by atoms with Crippen LogP contribution in [0.25, 0.3) is 0 Å². The molecule has 2 rings (SSSR count). The molecule has 0 radical (unpaired) electrons. The molecule has 1 atom stereocenters. The number of rotatable bonds is 11. The molecule has 1 heterocycles. The number of aliphatic imine (C=N–C) groups is 1. The Balaban J connectivity index is 1.83. The van der Waals surface area contributed by atoms with E-state index in [0.717, 1.165) is 75.9 Å². The number of guanidine groups is 1. The lowest BCUT2D eigenvalue weighted by Crippen LogP contribution is -2.38. The molecule has 2 N–H and O–H groups in total. The standard InChI is InChI=1S/C23H39N3O3/c1-5-19(4)29-22-16-18(3)8-9-20(22)17-26-23(24-6-2)25-12-7-13-28-21-10-14-27-15-11-21/h8-9,16,19,21H,5-7,10-15,17H2,1-4H3,(H2,24,25,26). The van der Waals surface area contributed by atoms with Crippen molar-refractivity contribution in [1.82, 2.24) is 10.6 Å². The van der Waals surface area contributed by atoms with Crippen LogP contribution in [0.2, 0.25) is 0 Å². The van der Waals surface area contributed by atoms with Crippen molar-refractivity contribution in [2.45, 2.75) is 72.1 Å². The normalized spacial score (nSPS) is 16.5. The van der Waals surface area contributed by atoms with Gasteiger partial charge in [-0.15, -0.1) is 0 Å². The third kappa shape index (κ3) is 9.05. The highest BCUT2D eigenvalue weighted by Crippen LogP contribution is 2.23. The number of aryl methyl sites for hydroxylation is 1. The van der Waals surface area contributed by atoms with Crippen LogP contribution >= 0.6 is 0 Å². The number of hydrogen-bond acceptors (Lipinski definition) is 4. The first-order valence-electron chi connectivity index (χ1n) is 11.1. The van der Waals surface area contributed by atoms with Gasteiger partial charge in [-0.25, -0.2) is 4.99 Å². The molecule has 1 unspecified atom stereocenters. The Morgan fingerprint density at radius 3 is 2.76 bits per heavy atom. The molecule has 1 aliphatic rings. The number of nitrogens with one attached hydrogen (secondary N) is 2. The molecule has 29 heavy (non-hydrogen) atoms. The van der Waals surface area contributed by atoms with E-state index in [-0.39, 0.29) is 6.10 Å². The van der Waals surface area contributed by atoms with Gasteiger partial charge in [-0.05, 0) is 58.1 Å². The second-order valence-electron chi connectivity index (χ2n) is 7.61. The first kappa shape index (κ1) is 23.5. The van der Waals surface area contributed by atoms with Gasteiger partial charge in [-0.2, -0.15) is 0 Å². The smallest absolute Gasteiger partial charge is 0.191 e. The summed E-state index contributed by atoms with van der Waals surface area (Å²) >= 11 is 0. The van der Waals surface area contributed by atoms with E-state index in [1.54, 1.807) is 0 Å². The van der Waals surface area contributed by atoms with Crippen LogP contribution in [0.4, 0.5) is 0 Å². The second kappa shape index (κ2) is 13.4. The Hall–Kier alpha value is -1.79. The Labute approximate surface area is 176 Å². The van der Waals surface area contributed by atoms with E-state index in [0.29, 0.717) is 12.6 Å². The van der Waals surface area contributed by atoms with E-state index in [9.17, 15) is 0 Å². The minimum absolute atomic E-state index is 0.196. The zero-order valence-corrected chi connectivity index (χ0v) is 18.6. The zero-order valence-electron chi connectivity index (χ0n) is 18.6. The number of hydrogen-bond donors (Lipinski definition) is 2. The van der Waals surface area contributed by atoms with Gasteiger partial charge in [0.05, 0.1) is 18.8 Å². The Morgan fingerprint density at radius 2 is 2.03 bits per heavy atom. The van der Waals surface area contributed by atoms with Gasteiger partial charge in [-0.3, -0.25) is 0 Å². The summed E-state index contributed by atoms with van der Waals surface area (Å²) in [6.45, 7) is 13.1. The Kier molecular flexibility index (Phi) is 10.9. The van der Waals surface area contributed by atoms with Gasteiger partial charge in [0.2, 0.25) is 0 Å². The molecular formula is C23H39N3O3. The van der Waals surface area contributed by atoms with Gasteiger partial charge in [-0.1, -0.05) is 19.1 Å². The molecule has 1 saturated heterocycles. The second-order valence-corrected chi connectivity index (χ2v) is 7.61. The van der Waals surface area contributed by atoms with E-state index in [4.69, 9.17) is 19.2 Å². The van der Waals surface area contributed by atoms with E-state index in [1.807, 2.05) is 0 Å². The number of nitrogens with zero attached hydrogens (tertiary/aromatic N) is 1. The predicted octanol–water partition coefficient (Wildman–Crippen LogP) is 3.81. The van der Waals surface area contributed by atoms with Crippen molar-refractivity contribution >= 4 is 5.96 Å². The summed E-state index contributed by atoms with van der Waals surface area (Å²) in [5, 5.41) is 6.72. The van der Waals surface area contributed by atoms with Crippen LogP contribution in [0.5, 0.6) is 5.75 Å². The molecule has 1 aromatic rings. The van der Waals surface area contributed by atoms with Crippen LogP contribution in [-0.2, 0) is 16.0 Å². The summed E-state index contributed by atoms with van der Waals surface area (Å²) in [7, 11) is 0. The molecule has 0 aliphatic carbocycles. The van der Waals surface area contributed by atoms with Crippen LogP contribution < -0.4 is 15.4 Å². The van der Waals surface area contributed by atoms with Crippen molar-refractivity contribution in [3.63, 3.8) is 0 Å². The van der Waals surface area contributed by atoms with Crippen LogP contribution in [-0.4, -0.2) is 51.1 Å². The van der Waals surface area contributed by atoms with Crippen LogP contribution in [0, 0.1) is 6.92 Å². The minimum Gasteiger partial charge on any atom is -0.490 e. The van der Waals surface area contributed by atoms with Crippen molar-refractivity contribution in [3.05, 3.63) is 29.3 Å². The topological polar surface area (TPSA) is 64.1 Å². The van der Waals surface area contributed by atoms with Gasteiger partial charge in [0, 0.05) is 38.5 Å². The minimum atomic E-state index is 0.196. The average molecular weight is 406 g/mol. The molecule has 6 heteroatoms. The van der Waals surface area contributed by atoms with Crippen LogP contribution in [0.3, 0.4) is 0 Å². The van der Waals surface area contributed by atoms with Crippen molar-refractivity contribution in [2.75, 3.05) is 32.9 Å². The molecule has 1 aliphatic heterocycles. The molecule has 1 aromatic carbocycles. The molecule has 0 saturated carbocycles. The Morgan fingerprint density at radius 1 is 1.24 bits per heavy atom. The summed E-state index contributed by atoms with van der Waals surface area (Å²) in [4.78, 5) is 4.75. The van der Waals surface area contributed by atoms with Crippen molar-refractivity contribution in [2.24, 2.45) is 4.99 Å². The Bertz CT molecular complexity index is 615. The lowest BCUT2D eigenvalue weighted by Gasteiger charge is -2.22. The summed E-state index contributed by atoms with van der Waals surface area (Å²) < 4.78 is 17.4. The third-order valence-corrected chi connectivity index (χ3v) is 5.01. The molecule has 1 fully saturated rings. The first-order valence-corrected chi connectivity index (χ1v) is 11.1. The fourth-order valence-electron chi connectivity index (χ4n) is 3.08. The summed E-state index contributed by atoms with van der Waals surface area (Å²) in [6, 6.07) is 6.33. The molecule has 0 aromatic heterocycles. The zero-order chi connectivity index (χ0) is 20.9. The van der Waals surface area contributed by atoms with E-state index in [1.165, 1.54) is 5.56 Å². The lowest BCUT2D eigenvalue weighted by atomic mass is 10.1. The van der Waals surface area contributed by atoms with E-state index >= 15 is 0 Å². The molecular weight excluding hydrogens is 366 g/mol. The quantitative estimate of drug-likeness (QED) is 0.333. The SMILES string of the molecule is CCNC(=NCc1ccc(C)cc1OC(C)CC)NCCCOC1CCOCC1. The first-order chi connectivity index (χ1) is 14.1. The highest BCUT2D eigenvalue weighted by atomic mass is 16.5. The van der Waals surface area contributed by atoms with Crippen molar-refractivity contribution < 1.29 is 14.2 Å². The third-order valence-electron chi connectivity index (χ3n) is 5.01. The maximum atomic E-state index is 6.10. The lowest BCUT2D eigenvalue weighted by molar-refractivity contribution is -0.0320. The van der Waals surface area contributed by atoms with Gasteiger partial charge in [0.15, 0.2) is 5.96 Å². The van der Waals surface area contributed by atoms with Crippen molar-refractivity contribution in [1.29, 1.82) is 0 Å². The van der Waals surface area contributed by atoms with Gasteiger partial charge in [0.25, 0.3) is 0 Å². The van der Waals surface area contributed by atoms with E-state index in [2.05, 4.69) is 56.5 Å². The van der Waals surface area contributed by atoms with Crippen LogP contribution in [0.1, 0.15) is 57.6 Å².